The number of hydrogen-bond donors (Lipinski definition) is 3. The van der Waals surface area contributed by atoms with E-state index in [4.69, 9.17) is 0 Å². The maximum Gasteiger partial charge on any atom is 0.337 e. The van der Waals surface area contributed by atoms with Crippen molar-refractivity contribution in [3.8, 4) is 5.75 Å². The quantitative estimate of drug-likeness (QED) is 0.643. The second kappa shape index (κ2) is 9.20. The molecule has 0 saturated heterocycles. The van der Waals surface area contributed by atoms with Crippen molar-refractivity contribution in [3.05, 3.63) is 65.2 Å². The first kappa shape index (κ1) is 19.0. The molecule has 0 aliphatic heterocycles. The Kier molecular flexibility index (Phi) is 6.98. The first-order chi connectivity index (χ1) is 12.0. The predicted molar refractivity (Wildman–Crippen MR) is 96.6 cm³/mol. The van der Waals surface area contributed by atoms with Crippen LogP contribution in [-0.2, 0) is 11.2 Å². The van der Waals surface area contributed by atoms with Gasteiger partial charge in [0.1, 0.15) is 5.75 Å². The first-order valence-corrected chi connectivity index (χ1v) is 8.37. The highest BCUT2D eigenvalue weighted by atomic mass is 16.5. The van der Waals surface area contributed by atoms with Crippen LogP contribution in [0.4, 0.5) is 0 Å². The van der Waals surface area contributed by atoms with Crippen LogP contribution in [0.15, 0.2) is 48.5 Å². The summed E-state index contributed by atoms with van der Waals surface area (Å²) in [6.45, 7) is 2.53. The molecule has 3 N–H and O–H groups in total. The second-order valence-corrected chi connectivity index (χ2v) is 6.14. The van der Waals surface area contributed by atoms with Gasteiger partial charge in [-0.15, -0.1) is 0 Å². The largest absolute Gasteiger partial charge is 0.508 e. The zero-order chi connectivity index (χ0) is 18.2. The number of carbonyl (C=O) groups excluding carboxylic acids is 1. The zero-order valence-corrected chi connectivity index (χ0v) is 14.6. The number of ether oxygens (including phenoxy) is 1. The lowest BCUT2D eigenvalue weighted by atomic mass is 10.0. The van der Waals surface area contributed by atoms with E-state index in [9.17, 15) is 15.0 Å². The number of aliphatic hydroxyl groups is 1. The molecule has 0 unspecified atom stereocenters. The van der Waals surface area contributed by atoms with E-state index >= 15 is 0 Å². The molecule has 2 aromatic carbocycles. The Bertz CT molecular complexity index is 667. The number of nitrogens with one attached hydrogen (secondary N) is 1. The van der Waals surface area contributed by atoms with Crippen molar-refractivity contribution in [2.75, 3.05) is 13.7 Å². The van der Waals surface area contributed by atoms with Gasteiger partial charge < -0.3 is 20.3 Å². The highest BCUT2D eigenvalue weighted by molar-refractivity contribution is 5.89. The number of hydrogen-bond acceptors (Lipinski definition) is 5. The standard InChI is InChI=1S/C20H25NO4/c1-14(21-13-19(23)16-9-11-18(22)12-10-16)3-4-15-5-7-17(8-6-15)20(24)25-2/h5-12,14,19,21-23H,3-4,13H2,1-2H3/t14-,19+/m1/s1. The number of aromatic hydroxyl groups is 1. The summed E-state index contributed by atoms with van der Waals surface area (Å²) >= 11 is 0. The molecule has 2 atom stereocenters. The molecule has 0 bridgehead atoms. The lowest BCUT2D eigenvalue weighted by molar-refractivity contribution is 0.0600. The maximum absolute atomic E-state index is 11.4. The van der Waals surface area contributed by atoms with Crippen LogP contribution >= 0.6 is 0 Å². The van der Waals surface area contributed by atoms with E-state index in [2.05, 4.69) is 17.0 Å². The molecule has 0 fully saturated rings. The molecule has 0 aliphatic carbocycles. The molecule has 0 radical (unpaired) electrons. The van der Waals surface area contributed by atoms with Gasteiger partial charge in [0.05, 0.1) is 18.8 Å². The van der Waals surface area contributed by atoms with Crippen molar-refractivity contribution in [1.82, 2.24) is 5.32 Å². The maximum atomic E-state index is 11.4. The molecular weight excluding hydrogens is 318 g/mol. The summed E-state index contributed by atoms with van der Waals surface area (Å²) in [6, 6.07) is 14.2. The van der Waals surface area contributed by atoms with Crippen LogP contribution in [0.1, 0.15) is 40.9 Å². The highest BCUT2D eigenvalue weighted by Gasteiger charge is 2.10. The fourth-order valence-electron chi connectivity index (χ4n) is 2.54. The Morgan fingerprint density at radius 1 is 1.12 bits per heavy atom. The normalized spacial score (nSPS) is 13.2. The Balaban J connectivity index is 1.75. The molecule has 5 heteroatoms. The highest BCUT2D eigenvalue weighted by Crippen LogP contribution is 2.16. The van der Waals surface area contributed by atoms with Crippen LogP contribution in [0.25, 0.3) is 0 Å². The van der Waals surface area contributed by atoms with Gasteiger partial charge in [-0.2, -0.15) is 0 Å². The van der Waals surface area contributed by atoms with E-state index in [1.807, 2.05) is 12.1 Å². The summed E-state index contributed by atoms with van der Waals surface area (Å²) in [5, 5.41) is 22.8. The average molecular weight is 343 g/mol. The van der Waals surface area contributed by atoms with Crippen molar-refractivity contribution >= 4 is 5.97 Å². The van der Waals surface area contributed by atoms with Crippen LogP contribution in [-0.4, -0.2) is 35.9 Å². The van der Waals surface area contributed by atoms with E-state index < -0.39 is 6.10 Å². The molecule has 5 nitrogen and oxygen atoms in total. The number of phenolic OH excluding ortho intramolecular Hbond substituents is 1. The minimum absolute atomic E-state index is 0.190. The van der Waals surface area contributed by atoms with Gasteiger partial charge >= 0.3 is 5.97 Å². The zero-order valence-electron chi connectivity index (χ0n) is 14.6. The van der Waals surface area contributed by atoms with Crippen LogP contribution < -0.4 is 5.32 Å². The third-order valence-electron chi connectivity index (χ3n) is 4.18. The number of rotatable bonds is 8. The van der Waals surface area contributed by atoms with Crippen molar-refractivity contribution in [1.29, 1.82) is 0 Å². The van der Waals surface area contributed by atoms with E-state index in [-0.39, 0.29) is 17.8 Å². The second-order valence-electron chi connectivity index (χ2n) is 6.14. The van der Waals surface area contributed by atoms with Gasteiger partial charge in [0.2, 0.25) is 0 Å². The average Bonchev–Trinajstić information content (AvgIpc) is 2.64. The fourth-order valence-corrected chi connectivity index (χ4v) is 2.54. The molecule has 0 spiro atoms. The Labute approximate surface area is 148 Å². The number of phenols is 1. The fraction of sp³-hybridized carbons (Fsp3) is 0.350. The Hall–Kier alpha value is -2.37. The minimum Gasteiger partial charge on any atom is -0.508 e. The monoisotopic (exact) mass is 343 g/mol. The van der Waals surface area contributed by atoms with Crippen molar-refractivity contribution in [2.24, 2.45) is 0 Å². The Morgan fingerprint density at radius 3 is 2.36 bits per heavy atom. The van der Waals surface area contributed by atoms with Gasteiger partial charge in [-0.3, -0.25) is 0 Å². The van der Waals surface area contributed by atoms with E-state index in [0.29, 0.717) is 12.1 Å². The van der Waals surface area contributed by atoms with E-state index in [1.165, 1.54) is 7.11 Å². The van der Waals surface area contributed by atoms with Crippen molar-refractivity contribution in [2.45, 2.75) is 31.9 Å². The van der Waals surface area contributed by atoms with E-state index in [1.54, 1.807) is 36.4 Å². The molecule has 2 aromatic rings. The summed E-state index contributed by atoms with van der Waals surface area (Å²) < 4.78 is 4.69. The number of benzene rings is 2. The first-order valence-electron chi connectivity index (χ1n) is 8.37. The van der Waals surface area contributed by atoms with Crippen LogP contribution in [0.3, 0.4) is 0 Å². The van der Waals surface area contributed by atoms with Gasteiger partial charge in [-0.25, -0.2) is 4.79 Å². The van der Waals surface area contributed by atoms with Crippen LogP contribution in [0.5, 0.6) is 5.75 Å². The van der Waals surface area contributed by atoms with E-state index in [0.717, 1.165) is 24.0 Å². The molecule has 0 saturated carbocycles. The van der Waals surface area contributed by atoms with Gasteiger partial charge in [-0.05, 0) is 55.2 Å². The molecule has 25 heavy (non-hydrogen) atoms. The molecule has 2 rings (SSSR count). The number of carbonyl (C=O) groups is 1. The number of aliphatic hydroxyl groups excluding tert-OH is 1. The molecule has 0 amide bonds. The Morgan fingerprint density at radius 2 is 1.76 bits per heavy atom. The van der Waals surface area contributed by atoms with Gasteiger partial charge in [0, 0.05) is 12.6 Å². The van der Waals surface area contributed by atoms with Crippen LogP contribution in [0, 0.1) is 0 Å². The minimum atomic E-state index is -0.609. The summed E-state index contributed by atoms with van der Waals surface area (Å²) in [5.74, 6) is -0.139. The smallest absolute Gasteiger partial charge is 0.337 e. The summed E-state index contributed by atoms with van der Waals surface area (Å²) in [5.41, 5.74) is 2.48. The lowest BCUT2D eigenvalue weighted by Gasteiger charge is -2.17. The molecule has 134 valence electrons. The number of methoxy groups -OCH3 is 1. The van der Waals surface area contributed by atoms with Gasteiger partial charge in [0.25, 0.3) is 0 Å². The molecule has 0 aromatic heterocycles. The SMILES string of the molecule is COC(=O)c1ccc(CC[C@@H](C)NC[C@H](O)c2ccc(O)cc2)cc1. The third kappa shape index (κ3) is 5.89. The van der Waals surface area contributed by atoms with Crippen LogP contribution in [0.2, 0.25) is 0 Å². The number of aryl methyl sites for hydroxylation is 1. The number of esters is 1. The van der Waals surface area contributed by atoms with Crippen molar-refractivity contribution in [3.63, 3.8) is 0 Å². The molecule has 0 heterocycles. The predicted octanol–water partition coefficient (Wildman–Crippen LogP) is 2.82. The topological polar surface area (TPSA) is 78.8 Å². The van der Waals surface area contributed by atoms with Gasteiger partial charge in [0.15, 0.2) is 0 Å². The summed E-state index contributed by atoms with van der Waals surface area (Å²) in [6.07, 6.45) is 1.19. The van der Waals surface area contributed by atoms with Gasteiger partial charge in [-0.1, -0.05) is 24.3 Å². The van der Waals surface area contributed by atoms with Crippen molar-refractivity contribution < 1.29 is 19.7 Å². The molecular formula is C20H25NO4. The molecule has 0 aliphatic rings. The third-order valence-corrected chi connectivity index (χ3v) is 4.18. The summed E-state index contributed by atoms with van der Waals surface area (Å²) in [4.78, 5) is 11.4. The summed E-state index contributed by atoms with van der Waals surface area (Å²) in [7, 11) is 1.37. The lowest BCUT2D eigenvalue weighted by Crippen LogP contribution is -2.30.